The third-order valence-corrected chi connectivity index (χ3v) is 2.50. The van der Waals surface area contributed by atoms with Gasteiger partial charge < -0.3 is 11.1 Å². The first-order valence-corrected chi connectivity index (χ1v) is 5.47. The van der Waals surface area contributed by atoms with Gasteiger partial charge in [-0.15, -0.1) is 0 Å². The highest BCUT2D eigenvalue weighted by atomic mass is 16.2. The number of rotatable bonds is 2. The summed E-state index contributed by atoms with van der Waals surface area (Å²) >= 11 is 0. The van der Waals surface area contributed by atoms with Crippen molar-refractivity contribution >= 4 is 23.1 Å². The van der Waals surface area contributed by atoms with E-state index in [4.69, 9.17) is 5.73 Å². The summed E-state index contributed by atoms with van der Waals surface area (Å²) in [6.07, 6.45) is 3.29. The molecule has 0 atom stereocenters. The Morgan fingerprint density at radius 3 is 2.61 bits per heavy atom. The standard InChI is InChI=1S/C13H14N4O/c1-17(12-3-2-8-15-9-12)13(18)16-11-6-4-10(14)5-7-11/h2-9H,14H2,1H3,(H,16,18). The number of nitrogens with one attached hydrogen (secondary N) is 1. The Labute approximate surface area is 105 Å². The number of hydrogen-bond donors (Lipinski definition) is 2. The molecule has 1 heterocycles. The van der Waals surface area contributed by atoms with Gasteiger partial charge in [0, 0.05) is 24.6 Å². The zero-order chi connectivity index (χ0) is 13.0. The molecule has 1 aromatic carbocycles. The predicted molar refractivity (Wildman–Crippen MR) is 72.5 cm³/mol. The lowest BCUT2D eigenvalue weighted by Crippen LogP contribution is -2.31. The van der Waals surface area contributed by atoms with Crippen molar-refractivity contribution in [3.63, 3.8) is 0 Å². The molecule has 0 radical (unpaired) electrons. The summed E-state index contributed by atoms with van der Waals surface area (Å²) in [5, 5.41) is 2.77. The van der Waals surface area contributed by atoms with Crippen LogP contribution < -0.4 is 16.0 Å². The highest BCUT2D eigenvalue weighted by Gasteiger charge is 2.10. The molecule has 5 heteroatoms. The first-order valence-electron chi connectivity index (χ1n) is 5.47. The lowest BCUT2D eigenvalue weighted by molar-refractivity contribution is 0.258. The minimum atomic E-state index is -0.229. The van der Waals surface area contributed by atoms with Crippen LogP contribution in [0.15, 0.2) is 48.8 Å². The van der Waals surface area contributed by atoms with Gasteiger partial charge in [0.05, 0.1) is 11.9 Å². The molecule has 5 nitrogen and oxygen atoms in total. The molecule has 18 heavy (non-hydrogen) atoms. The van der Waals surface area contributed by atoms with Crippen LogP contribution in [0.4, 0.5) is 21.9 Å². The number of urea groups is 1. The van der Waals surface area contributed by atoms with E-state index in [1.165, 1.54) is 4.90 Å². The van der Waals surface area contributed by atoms with Gasteiger partial charge in [-0.05, 0) is 36.4 Å². The largest absolute Gasteiger partial charge is 0.399 e. The van der Waals surface area contributed by atoms with Gasteiger partial charge in [0.1, 0.15) is 0 Å². The molecule has 92 valence electrons. The van der Waals surface area contributed by atoms with Crippen molar-refractivity contribution < 1.29 is 4.79 Å². The number of nitrogen functional groups attached to an aromatic ring is 1. The molecule has 2 aromatic rings. The predicted octanol–water partition coefficient (Wildman–Crippen LogP) is 2.33. The maximum Gasteiger partial charge on any atom is 0.326 e. The van der Waals surface area contributed by atoms with E-state index in [0.717, 1.165) is 5.69 Å². The number of aromatic nitrogens is 1. The zero-order valence-electron chi connectivity index (χ0n) is 10.00. The van der Waals surface area contributed by atoms with Crippen LogP contribution >= 0.6 is 0 Å². The van der Waals surface area contributed by atoms with Crippen LogP contribution in [0.3, 0.4) is 0 Å². The van der Waals surface area contributed by atoms with Gasteiger partial charge in [0.2, 0.25) is 0 Å². The van der Waals surface area contributed by atoms with Crippen molar-refractivity contribution in [2.75, 3.05) is 23.0 Å². The van der Waals surface area contributed by atoms with E-state index >= 15 is 0 Å². The minimum Gasteiger partial charge on any atom is -0.399 e. The van der Waals surface area contributed by atoms with E-state index in [9.17, 15) is 4.79 Å². The van der Waals surface area contributed by atoms with E-state index in [1.54, 1.807) is 49.8 Å². The van der Waals surface area contributed by atoms with E-state index in [-0.39, 0.29) is 6.03 Å². The van der Waals surface area contributed by atoms with Gasteiger partial charge in [-0.3, -0.25) is 9.88 Å². The number of nitrogens with two attached hydrogens (primary N) is 1. The van der Waals surface area contributed by atoms with Crippen LogP contribution in [-0.2, 0) is 0 Å². The van der Waals surface area contributed by atoms with Crippen LogP contribution in [0.2, 0.25) is 0 Å². The second-order valence-corrected chi connectivity index (χ2v) is 3.82. The first kappa shape index (κ1) is 11.9. The SMILES string of the molecule is CN(C(=O)Nc1ccc(N)cc1)c1cccnc1. The minimum absolute atomic E-state index is 0.229. The van der Waals surface area contributed by atoms with Crippen molar-refractivity contribution in [1.82, 2.24) is 4.98 Å². The maximum atomic E-state index is 12.0. The Morgan fingerprint density at radius 2 is 2.00 bits per heavy atom. The van der Waals surface area contributed by atoms with E-state index in [0.29, 0.717) is 11.4 Å². The molecule has 2 rings (SSSR count). The molecule has 0 saturated heterocycles. The molecule has 0 aliphatic heterocycles. The number of anilines is 3. The molecule has 0 unspecified atom stereocenters. The van der Waals surface area contributed by atoms with Crippen LogP contribution in [0, 0.1) is 0 Å². The molecule has 3 N–H and O–H groups in total. The summed E-state index contributed by atoms with van der Waals surface area (Å²) in [5.41, 5.74) is 7.66. The topological polar surface area (TPSA) is 71.2 Å². The molecule has 0 bridgehead atoms. The average Bonchev–Trinajstić information content (AvgIpc) is 2.41. The highest BCUT2D eigenvalue weighted by molar-refractivity contribution is 6.01. The fourth-order valence-electron chi connectivity index (χ4n) is 1.44. The van der Waals surface area contributed by atoms with E-state index < -0.39 is 0 Å². The van der Waals surface area contributed by atoms with Crippen LogP contribution in [-0.4, -0.2) is 18.1 Å². The lowest BCUT2D eigenvalue weighted by atomic mass is 10.3. The second kappa shape index (κ2) is 5.18. The first-order chi connectivity index (χ1) is 8.66. The summed E-state index contributed by atoms with van der Waals surface area (Å²) in [6, 6.07) is 10.3. The van der Waals surface area contributed by atoms with Crippen molar-refractivity contribution in [3.8, 4) is 0 Å². The van der Waals surface area contributed by atoms with Crippen molar-refractivity contribution in [3.05, 3.63) is 48.8 Å². The Hall–Kier alpha value is -2.56. The summed E-state index contributed by atoms with van der Waals surface area (Å²) in [4.78, 5) is 17.4. The molecule has 1 aromatic heterocycles. The fourth-order valence-corrected chi connectivity index (χ4v) is 1.44. The molecule has 0 aliphatic carbocycles. The fraction of sp³-hybridized carbons (Fsp3) is 0.0769. The molecule has 0 aliphatic rings. The Kier molecular flexibility index (Phi) is 3.43. The number of hydrogen-bond acceptors (Lipinski definition) is 3. The molecule has 0 spiro atoms. The smallest absolute Gasteiger partial charge is 0.326 e. The summed E-state index contributed by atoms with van der Waals surface area (Å²) in [5.74, 6) is 0. The van der Waals surface area contributed by atoms with E-state index in [2.05, 4.69) is 10.3 Å². The quantitative estimate of drug-likeness (QED) is 0.794. The second-order valence-electron chi connectivity index (χ2n) is 3.82. The third kappa shape index (κ3) is 2.76. The van der Waals surface area contributed by atoms with Crippen LogP contribution in [0.5, 0.6) is 0 Å². The average molecular weight is 242 g/mol. The molecule has 0 fully saturated rings. The number of carbonyl (C=O) groups is 1. The zero-order valence-corrected chi connectivity index (χ0v) is 10.00. The number of benzene rings is 1. The normalized spacial score (nSPS) is 9.83. The number of amides is 2. The number of pyridine rings is 1. The van der Waals surface area contributed by atoms with Gasteiger partial charge >= 0.3 is 6.03 Å². The van der Waals surface area contributed by atoms with Crippen molar-refractivity contribution in [1.29, 1.82) is 0 Å². The maximum absolute atomic E-state index is 12.0. The van der Waals surface area contributed by atoms with E-state index in [1.807, 2.05) is 6.07 Å². The summed E-state index contributed by atoms with van der Waals surface area (Å²) in [7, 11) is 1.68. The van der Waals surface area contributed by atoms with Gasteiger partial charge in [-0.25, -0.2) is 4.79 Å². The summed E-state index contributed by atoms with van der Waals surface area (Å²) in [6.45, 7) is 0. The monoisotopic (exact) mass is 242 g/mol. The van der Waals surface area contributed by atoms with Gasteiger partial charge in [0.15, 0.2) is 0 Å². The Balaban J connectivity index is 2.06. The van der Waals surface area contributed by atoms with Gasteiger partial charge in [-0.2, -0.15) is 0 Å². The van der Waals surface area contributed by atoms with Crippen LogP contribution in [0.1, 0.15) is 0 Å². The number of carbonyl (C=O) groups excluding carboxylic acids is 1. The molecule has 2 amide bonds. The molecular formula is C13H14N4O. The van der Waals surface area contributed by atoms with Crippen LogP contribution in [0.25, 0.3) is 0 Å². The van der Waals surface area contributed by atoms with Crippen molar-refractivity contribution in [2.24, 2.45) is 0 Å². The number of nitrogens with zero attached hydrogens (tertiary/aromatic N) is 2. The Bertz CT molecular complexity index is 524. The third-order valence-electron chi connectivity index (χ3n) is 2.50. The highest BCUT2D eigenvalue weighted by Crippen LogP contribution is 2.14. The molecule has 0 saturated carbocycles. The van der Waals surface area contributed by atoms with Gasteiger partial charge in [0.25, 0.3) is 0 Å². The molecular weight excluding hydrogens is 228 g/mol. The summed E-state index contributed by atoms with van der Waals surface area (Å²) < 4.78 is 0. The van der Waals surface area contributed by atoms with Gasteiger partial charge in [-0.1, -0.05) is 0 Å². The van der Waals surface area contributed by atoms with Crippen molar-refractivity contribution in [2.45, 2.75) is 0 Å². The lowest BCUT2D eigenvalue weighted by Gasteiger charge is -2.17. The Morgan fingerprint density at radius 1 is 1.28 bits per heavy atom.